The normalized spacial score (nSPS) is 23.0. The van der Waals surface area contributed by atoms with Crippen LogP contribution in [0.15, 0.2) is 46.6 Å². The number of aliphatic hydroxyl groups excluding tert-OH is 2. The van der Waals surface area contributed by atoms with Crippen LogP contribution in [0.2, 0.25) is 0 Å². The van der Waals surface area contributed by atoms with E-state index < -0.39 is 0 Å². The van der Waals surface area contributed by atoms with Crippen LogP contribution in [0.3, 0.4) is 0 Å². The Kier molecular flexibility index (Phi) is 12.4. The van der Waals surface area contributed by atoms with Gasteiger partial charge in [-0.25, -0.2) is 0 Å². The first-order chi connectivity index (χ1) is 21.9. The summed E-state index contributed by atoms with van der Waals surface area (Å²) in [6.45, 7) is 6.07. The van der Waals surface area contributed by atoms with Gasteiger partial charge in [-0.3, -0.25) is 0 Å². The molecule has 1 aromatic rings. The van der Waals surface area contributed by atoms with Gasteiger partial charge in [0.15, 0.2) is 17.2 Å². The highest BCUT2D eigenvalue weighted by molar-refractivity contribution is 5.83. The number of ether oxygens (including phenoxy) is 2. The Balaban J connectivity index is 1.24. The lowest BCUT2D eigenvalue weighted by Crippen LogP contribution is -2.35. The van der Waals surface area contributed by atoms with E-state index >= 15 is 0 Å². The molecule has 0 radical (unpaired) electrons. The Hall–Kier alpha value is -2.45. The lowest BCUT2D eigenvalue weighted by atomic mass is 9.71. The Morgan fingerprint density at radius 3 is 2.69 bits per heavy atom. The summed E-state index contributed by atoms with van der Waals surface area (Å²) in [4.78, 5) is 5.05. The highest BCUT2D eigenvalue weighted by atomic mass is 16.5. The molecule has 7 nitrogen and oxygen atoms in total. The van der Waals surface area contributed by atoms with Crippen molar-refractivity contribution < 1.29 is 24.8 Å². The third-order valence-corrected chi connectivity index (χ3v) is 10.5. The third-order valence-electron chi connectivity index (χ3n) is 10.5. The molecule has 248 valence electrons. The van der Waals surface area contributed by atoms with Crippen LogP contribution in [0.1, 0.15) is 103 Å². The van der Waals surface area contributed by atoms with Crippen molar-refractivity contribution in [1.29, 1.82) is 0 Å². The number of hydrogen-bond donors (Lipinski definition) is 4. The average molecular weight is 622 g/mol. The van der Waals surface area contributed by atoms with Gasteiger partial charge in [-0.05, 0) is 75.5 Å². The molecule has 2 aliphatic heterocycles. The van der Waals surface area contributed by atoms with Gasteiger partial charge in [0.2, 0.25) is 0 Å². The molecule has 2 saturated carbocycles. The first-order valence-corrected chi connectivity index (χ1v) is 17.8. The van der Waals surface area contributed by atoms with Gasteiger partial charge in [0.05, 0.1) is 18.1 Å². The predicted octanol–water partition coefficient (Wildman–Crippen LogP) is 6.52. The summed E-state index contributed by atoms with van der Waals surface area (Å²) in [6, 6.07) is 5.71. The van der Waals surface area contributed by atoms with Crippen LogP contribution in [0.5, 0.6) is 11.5 Å². The summed E-state index contributed by atoms with van der Waals surface area (Å²) in [6.07, 6.45) is 22.9. The highest BCUT2D eigenvalue weighted by Gasteiger charge is 2.47. The Morgan fingerprint density at radius 1 is 1.16 bits per heavy atom. The molecule has 2 heterocycles. The van der Waals surface area contributed by atoms with Gasteiger partial charge in [0.25, 0.3) is 0 Å². The fourth-order valence-corrected chi connectivity index (χ4v) is 7.82. The summed E-state index contributed by atoms with van der Waals surface area (Å²) in [5, 5.41) is 33.9. The fraction of sp³-hybridized carbons (Fsp3) is 0.658. The van der Waals surface area contributed by atoms with Crippen molar-refractivity contribution in [1.82, 2.24) is 5.32 Å². The van der Waals surface area contributed by atoms with Crippen LogP contribution >= 0.6 is 0 Å². The van der Waals surface area contributed by atoms with Gasteiger partial charge in [-0.1, -0.05) is 51.5 Å². The minimum atomic E-state index is -0.351. The summed E-state index contributed by atoms with van der Waals surface area (Å²) in [5.74, 6) is 3.09. The molecule has 3 atom stereocenters. The lowest BCUT2D eigenvalue weighted by Gasteiger charge is -2.32. The second-order valence-electron chi connectivity index (χ2n) is 14.0. The van der Waals surface area contributed by atoms with Crippen LogP contribution in [-0.4, -0.2) is 64.8 Å². The van der Waals surface area contributed by atoms with Crippen molar-refractivity contribution in [3.63, 3.8) is 0 Å². The molecule has 0 spiro atoms. The largest absolute Gasteiger partial charge is 0.504 e. The number of unbranched alkanes of at least 4 members (excludes halogenated alkanes) is 1. The molecular formula is C38H57N2O5+. The molecule has 0 aromatic heterocycles. The minimum Gasteiger partial charge on any atom is -0.504 e. The Labute approximate surface area is 271 Å². The van der Waals surface area contributed by atoms with Crippen molar-refractivity contribution in [2.75, 3.05) is 26.3 Å². The number of allylic oxidation sites excluding steroid dienone is 1. The van der Waals surface area contributed by atoms with E-state index in [1.807, 2.05) is 19.1 Å². The van der Waals surface area contributed by atoms with Crippen molar-refractivity contribution in [2.45, 2.75) is 116 Å². The van der Waals surface area contributed by atoms with Crippen LogP contribution in [0.4, 0.5) is 0 Å². The van der Waals surface area contributed by atoms with Gasteiger partial charge < -0.3 is 30.1 Å². The summed E-state index contributed by atoms with van der Waals surface area (Å²) in [5.41, 5.74) is 3.11. The summed E-state index contributed by atoms with van der Waals surface area (Å²) < 4.78 is 11.4. The van der Waals surface area contributed by atoms with E-state index in [4.69, 9.17) is 14.5 Å². The molecule has 45 heavy (non-hydrogen) atoms. The number of benzene rings is 1. The minimum absolute atomic E-state index is 0.0706. The molecular weight excluding hydrogens is 564 g/mol. The molecule has 1 aromatic carbocycles. The van der Waals surface area contributed by atoms with Crippen molar-refractivity contribution in [2.24, 2.45) is 22.2 Å². The quantitative estimate of drug-likeness (QED) is 0.117. The second kappa shape index (κ2) is 16.4. The Morgan fingerprint density at radius 2 is 1.96 bits per heavy atom. The van der Waals surface area contributed by atoms with Gasteiger partial charge in [0.1, 0.15) is 36.3 Å². The molecule has 2 fully saturated rings. The van der Waals surface area contributed by atoms with E-state index in [-0.39, 0.29) is 30.0 Å². The SMILES string of the molecule is CCCCC1[OH+][C-](CCc2ccc(O)c(OCC3(C4=C[C+](C(CNCC(C)O)C5CCCC5)C=N4)CCCCC3)c2)C=C1CO. The smallest absolute Gasteiger partial charge is 0.184 e. The van der Waals surface area contributed by atoms with E-state index in [2.05, 4.69) is 30.6 Å². The maximum absolute atomic E-state index is 10.8. The number of aliphatic hydroxyl groups is 4. The number of aryl methyl sites for hydroxylation is 1. The molecule has 7 heteroatoms. The monoisotopic (exact) mass is 621 g/mol. The zero-order valence-corrected chi connectivity index (χ0v) is 27.6. The molecule has 5 N–H and O–H groups in total. The third kappa shape index (κ3) is 8.88. The maximum Gasteiger partial charge on any atom is 0.184 e. The van der Waals surface area contributed by atoms with E-state index in [1.165, 1.54) is 38.0 Å². The zero-order valence-electron chi connectivity index (χ0n) is 27.6. The number of phenols is 1. The molecule has 2 aliphatic carbocycles. The lowest BCUT2D eigenvalue weighted by molar-refractivity contribution is -0.0550. The van der Waals surface area contributed by atoms with Crippen molar-refractivity contribution >= 4 is 6.21 Å². The molecule has 5 rings (SSSR count). The fourth-order valence-electron chi connectivity index (χ4n) is 7.82. The number of hydrogen-bond acceptors (Lipinski definition) is 6. The summed E-state index contributed by atoms with van der Waals surface area (Å²) in [7, 11) is 0. The average Bonchev–Trinajstić information content (AvgIpc) is 3.83. The van der Waals surface area contributed by atoms with E-state index in [9.17, 15) is 15.3 Å². The number of aromatic hydroxyl groups is 1. The molecule has 4 aliphatic rings. The molecule has 0 saturated heterocycles. The number of aliphatic imine (C=N–C) groups is 1. The van der Waals surface area contributed by atoms with E-state index in [0.29, 0.717) is 30.7 Å². The number of rotatable bonds is 17. The van der Waals surface area contributed by atoms with Crippen molar-refractivity contribution in [3.05, 3.63) is 59.2 Å². The topological polar surface area (TPSA) is 107 Å². The first kappa shape index (κ1) is 33.9. The maximum atomic E-state index is 10.8. The van der Waals surface area contributed by atoms with E-state index in [0.717, 1.165) is 87.3 Å². The standard InChI is InChI=1S/C38H56N2O5/c1-3-4-12-35-31(25-41)20-32(45-35)15-13-28-14-16-34(43)36(19-28)44-26-38(17-8-5-9-18-38)37-21-30(23-40-37)33(24-39-22-27(2)42)29-10-6-7-11-29/h14,16,19-21,23,27,29,33,35,39,41-42,45H,3-13,15,17-18,22,24-26H2,1-2H3/p+1. The van der Waals surface area contributed by atoms with Crippen molar-refractivity contribution in [3.8, 4) is 11.5 Å². The van der Waals surface area contributed by atoms with Crippen LogP contribution in [0.25, 0.3) is 0 Å². The number of nitrogens with zero attached hydrogens (tertiary/aromatic N) is 1. The van der Waals surface area contributed by atoms with Crippen LogP contribution in [-0.2, 0) is 6.42 Å². The number of nitrogens with one attached hydrogen (secondary N) is 1. The summed E-state index contributed by atoms with van der Waals surface area (Å²) >= 11 is 0. The number of phenolic OH excluding ortho intramolecular Hbond substituents is 1. The molecule has 3 unspecified atom stereocenters. The highest BCUT2D eigenvalue weighted by Crippen LogP contribution is 2.48. The van der Waals surface area contributed by atoms with Gasteiger partial charge in [0, 0.05) is 26.1 Å². The van der Waals surface area contributed by atoms with Gasteiger partial charge >= 0.3 is 0 Å². The molecule has 0 amide bonds. The van der Waals surface area contributed by atoms with Crippen LogP contribution < -0.4 is 10.1 Å². The van der Waals surface area contributed by atoms with Gasteiger partial charge in [-0.2, -0.15) is 0 Å². The first-order valence-electron chi connectivity index (χ1n) is 17.8. The van der Waals surface area contributed by atoms with E-state index in [1.54, 1.807) is 6.07 Å². The van der Waals surface area contributed by atoms with Gasteiger partial charge in [-0.15, -0.1) is 16.6 Å². The molecule has 0 bridgehead atoms. The predicted molar refractivity (Wildman–Crippen MR) is 181 cm³/mol. The zero-order chi connectivity index (χ0) is 31.6. The second-order valence-corrected chi connectivity index (χ2v) is 14.0. The van der Waals surface area contributed by atoms with Crippen LogP contribution in [0, 0.1) is 29.3 Å². The Bertz CT molecular complexity index is 1160.